The van der Waals surface area contributed by atoms with Gasteiger partial charge >= 0.3 is 0 Å². The minimum atomic E-state index is -0.447. The zero-order valence-corrected chi connectivity index (χ0v) is 10.6. The molecule has 1 aromatic rings. The third-order valence-electron chi connectivity index (χ3n) is 2.48. The number of carbonyl (C=O) groups is 1. The molecule has 2 rings (SSSR count). The summed E-state index contributed by atoms with van der Waals surface area (Å²) in [6.45, 7) is 3.79. The number of ether oxygens (including phenoxy) is 1. The highest BCUT2D eigenvalue weighted by Crippen LogP contribution is 2.34. The summed E-state index contributed by atoms with van der Waals surface area (Å²) in [5, 5.41) is 11.9. The van der Waals surface area contributed by atoms with Crippen LogP contribution in [0.3, 0.4) is 0 Å². The molecular formula is C12H15NO3S. The molecule has 0 spiro atoms. The molecule has 0 fully saturated rings. The van der Waals surface area contributed by atoms with Gasteiger partial charge in [-0.2, -0.15) is 0 Å². The highest BCUT2D eigenvalue weighted by Gasteiger charge is 2.23. The quantitative estimate of drug-likeness (QED) is 0.807. The van der Waals surface area contributed by atoms with E-state index < -0.39 is 6.10 Å². The topological polar surface area (TPSA) is 58.6 Å². The van der Waals surface area contributed by atoms with Crippen LogP contribution in [0.1, 0.15) is 13.8 Å². The number of rotatable bonds is 3. The monoisotopic (exact) mass is 253 g/mol. The van der Waals surface area contributed by atoms with E-state index in [0.717, 1.165) is 4.90 Å². The Morgan fingerprint density at radius 3 is 3.06 bits per heavy atom. The first-order valence-corrected chi connectivity index (χ1v) is 6.37. The van der Waals surface area contributed by atoms with Gasteiger partial charge in [0.15, 0.2) is 6.10 Å². The van der Waals surface area contributed by atoms with Crippen molar-refractivity contribution in [2.45, 2.75) is 30.1 Å². The van der Waals surface area contributed by atoms with Gasteiger partial charge in [-0.25, -0.2) is 0 Å². The fourth-order valence-electron chi connectivity index (χ4n) is 1.53. The van der Waals surface area contributed by atoms with Gasteiger partial charge in [-0.05, 0) is 25.1 Å². The van der Waals surface area contributed by atoms with Crippen LogP contribution in [0.15, 0.2) is 23.1 Å². The first-order chi connectivity index (χ1) is 8.10. The first-order valence-electron chi connectivity index (χ1n) is 5.49. The van der Waals surface area contributed by atoms with E-state index in [-0.39, 0.29) is 17.8 Å². The smallest absolute Gasteiger partial charge is 0.265 e. The second-order valence-corrected chi connectivity index (χ2v) is 5.53. The van der Waals surface area contributed by atoms with Crippen LogP contribution in [0.5, 0.6) is 5.75 Å². The Bertz CT molecular complexity index is 436. The van der Waals surface area contributed by atoms with Gasteiger partial charge in [-0.3, -0.25) is 4.79 Å². The lowest BCUT2D eigenvalue weighted by Crippen LogP contribution is -2.34. The van der Waals surface area contributed by atoms with E-state index in [1.54, 1.807) is 18.7 Å². The first kappa shape index (κ1) is 12.3. The molecule has 0 bridgehead atoms. The maximum absolute atomic E-state index is 11.5. The standard InChI is InChI=1S/C12H15NO3S/c1-7(6-14)17-9-3-4-11-10(5-9)13-12(15)8(2)16-11/h3-5,7-8,14H,6H2,1-2H3,(H,13,15). The van der Waals surface area contributed by atoms with Crippen molar-refractivity contribution in [2.24, 2.45) is 0 Å². The molecule has 4 nitrogen and oxygen atoms in total. The summed E-state index contributed by atoms with van der Waals surface area (Å²) in [7, 11) is 0. The zero-order chi connectivity index (χ0) is 12.4. The summed E-state index contributed by atoms with van der Waals surface area (Å²) in [5.74, 6) is 0.563. The van der Waals surface area contributed by atoms with Crippen molar-refractivity contribution in [3.8, 4) is 5.75 Å². The SMILES string of the molecule is CC(CO)Sc1ccc2c(c1)NC(=O)C(C)O2. The zero-order valence-electron chi connectivity index (χ0n) is 9.77. The van der Waals surface area contributed by atoms with Crippen LogP contribution in [0.25, 0.3) is 0 Å². The summed E-state index contributed by atoms with van der Waals surface area (Å²) < 4.78 is 5.46. The van der Waals surface area contributed by atoms with Crippen LogP contribution in [-0.2, 0) is 4.79 Å². The molecule has 5 heteroatoms. The highest BCUT2D eigenvalue weighted by molar-refractivity contribution is 8.00. The molecule has 1 aromatic carbocycles. The molecule has 92 valence electrons. The van der Waals surface area contributed by atoms with Gasteiger partial charge < -0.3 is 15.2 Å². The number of thioether (sulfide) groups is 1. The van der Waals surface area contributed by atoms with Gasteiger partial charge in [0, 0.05) is 10.1 Å². The van der Waals surface area contributed by atoms with Crippen molar-refractivity contribution in [1.82, 2.24) is 0 Å². The van der Waals surface area contributed by atoms with Gasteiger partial charge in [0.1, 0.15) is 5.75 Å². The van der Waals surface area contributed by atoms with Gasteiger partial charge in [-0.15, -0.1) is 11.8 Å². The van der Waals surface area contributed by atoms with Gasteiger partial charge in [-0.1, -0.05) is 6.92 Å². The number of fused-ring (bicyclic) bond motifs is 1. The summed E-state index contributed by atoms with van der Waals surface area (Å²) in [6, 6.07) is 5.65. The van der Waals surface area contributed by atoms with Gasteiger partial charge in [0.25, 0.3) is 5.91 Å². The molecular weight excluding hydrogens is 238 g/mol. The average molecular weight is 253 g/mol. The number of aliphatic hydroxyl groups excluding tert-OH is 1. The third-order valence-corrected chi connectivity index (χ3v) is 3.55. The van der Waals surface area contributed by atoms with Crippen molar-refractivity contribution < 1.29 is 14.6 Å². The molecule has 0 aromatic heterocycles. The maximum atomic E-state index is 11.5. The van der Waals surface area contributed by atoms with Crippen LogP contribution in [0.4, 0.5) is 5.69 Å². The molecule has 1 heterocycles. The molecule has 1 amide bonds. The number of amides is 1. The van der Waals surface area contributed by atoms with Crippen LogP contribution >= 0.6 is 11.8 Å². The molecule has 2 unspecified atom stereocenters. The second-order valence-electron chi connectivity index (χ2n) is 4.02. The molecule has 1 aliphatic rings. The normalized spacial score (nSPS) is 20.2. The fourth-order valence-corrected chi connectivity index (χ4v) is 2.40. The fraction of sp³-hybridized carbons (Fsp3) is 0.417. The van der Waals surface area contributed by atoms with E-state index >= 15 is 0 Å². The predicted octanol–water partition coefficient (Wildman–Crippen LogP) is 1.88. The van der Waals surface area contributed by atoms with Crippen molar-refractivity contribution in [1.29, 1.82) is 0 Å². The van der Waals surface area contributed by atoms with E-state index in [0.29, 0.717) is 11.4 Å². The molecule has 0 saturated carbocycles. The van der Waals surface area contributed by atoms with Crippen LogP contribution in [0, 0.1) is 0 Å². The Hall–Kier alpha value is -1.20. The van der Waals surface area contributed by atoms with Crippen LogP contribution in [-0.4, -0.2) is 29.0 Å². The average Bonchev–Trinajstić information content (AvgIpc) is 2.31. The number of aliphatic hydroxyl groups is 1. The van der Waals surface area contributed by atoms with Crippen molar-refractivity contribution in [3.05, 3.63) is 18.2 Å². The molecule has 2 N–H and O–H groups in total. The summed E-state index contributed by atoms with van der Waals surface area (Å²) >= 11 is 1.56. The Balaban J connectivity index is 2.19. The van der Waals surface area contributed by atoms with Crippen LogP contribution in [0.2, 0.25) is 0 Å². The Morgan fingerprint density at radius 2 is 2.35 bits per heavy atom. The number of carbonyl (C=O) groups excluding carboxylic acids is 1. The van der Waals surface area contributed by atoms with E-state index in [2.05, 4.69) is 5.32 Å². The molecule has 0 saturated heterocycles. The predicted molar refractivity (Wildman–Crippen MR) is 67.6 cm³/mol. The lowest BCUT2D eigenvalue weighted by atomic mass is 10.2. The third kappa shape index (κ3) is 2.73. The number of nitrogens with one attached hydrogen (secondary N) is 1. The molecule has 0 radical (unpaired) electrons. The largest absolute Gasteiger partial charge is 0.479 e. The molecule has 0 aliphatic carbocycles. The van der Waals surface area contributed by atoms with E-state index in [1.807, 2.05) is 25.1 Å². The Morgan fingerprint density at radius 1 is 1.59 bits per heavy atom. The van der Waals surface area contributed by atoms with E-state index in [9.17, 15) is 4.79 Å². The number of anilines is 1. The minimum absolute atomic E-state index is 0.127. The molecule has 2 atom stereocenters. The molecule has 17 heavy (non-hydrogen) atoms. The summed E-state index contributed by atoms with van der Waals surface area (Å²) in [4.78, 5) is 12.5. The number of benzene rings is 1. The van der Waals surface area contributed by atoms with E-state index in [4.69, 9.17) is 9.84 Å². The molecule has 1 aliphatic heterocycles. The van der Waals surface area contributed by atoms with Gasteiger partial charge in [0.05, 0.1) is 12.3 Å². The summed E-state index contributed by atoms with van der Waals surface area (Å²) in [5.41, 5.74) is 0.697. The lowest BCUT2D eigenvalue weighted by molar-refractivity contribution is -0.122. The van der Waals surface area contributed by atoms with E-state index in [1.165, 1.54) is 0 Å². The van der Waals surface area contributed by atoms with Crippen molar-refractivity contribution >= 4 is 23.4 Å². The van der Waals surface area contributed by atoms with Crippen LogP contribution < -0.4 is 10.1 Å². The number of hydrogen-bond acceptors (Lipinski definition) is 4. The Labute approximate surface area is 104 Å². The summed E-state index contributed by atoms with van der Waals surface area (Å²) in [6.07, 6.45) is -0.447. The Kier molecular flexibility index (Phi) is 3.59. The van der Waals surface area contributed by atoms with Crippen molar-refractivity contribution in [2.75, 3.05) is 11.9 Å². The van der Waals surface area contributed by atoms with Crippen molar-refractivity contribution in [3.63, 3.8) is 0 Å². The number of hydrogen-bond donors (Lipinski definition) is 2. The minimum Gasteiger partial charge on any atom is -0.479 e. The maximum Gasteiger partial charge on any atom is 0.265 e. The highest BCUT2D eigenvalue weighted by atomic mass is 32.2. The van der Waals surface area contributed by atoms with Gasteiger partial charge in [0.2, 0.25) is 0 Å². The second kappa shape index (κ2) is 4.98. The lowest BCUT2D eigenvalue weighted by Gasteiger charge is -2.23.